The maximum atomic E-state index is 12.3. The summed E-state index contributed by atoms with van der Waals surface area (Å²) in [7, 11) is 0. The molecule has 0 spiro atoms. The molecule has 0 bridgehead atoms. The molecule has 1 heterocycles. The summed E-state index contributed by atoms with van der Waals surface area (Å²) in [5, 5.41) is 23.6. The van der Waals surface area contributed by atoms with Gasteiger partial charge in [0.1, 0.15) is 11.8 Å². The minimum Gasteiger partial charge on any atom is -0.508 e. The van der Waals surface area contributed by atoms with E-state index in [2.05, 4.69) is 15.5 Å². The predicted molar refractivity (Wildman–Crippen MR) is 99.3 cm³/mol. The van der Waals surface area contributed by atoms with E-state index < -0.39 is 17.9 Å². The molecule has 27 heavy (non-hydrogen) atoms. The van der Waals surface area contributed by atoms with E-state index in [0.717, 1.165) is 19.4 Å². The number of hydrogen-bond donors (Lipinski definition) is 4. The van der Waals surface area contributed by atoms with Gasteiger partial charge in [-0.1, -0.05) is 12.1 Å². The molecule has 0 aromatic heterocycles. The number of amides is 2. The Balaban J connectivity index is 1.85. The van der Waals surface area contributed by atoms with Crippen molar-refractivity contribution in [2.75, 3.05) is 13.1 Å². The highest BCUT2D eigenvalue weighted by Gasteiger charge is 2.32. The van der Waals surface area contributed by atoms with Crippen LogP contribution in [-0.4, -0.2) is 64.1 Å². The van der Waals surface area contributed by atoms with Gasteiger partial charge in [-0.15, -0.1) is 0 Å². The highest BCUT2D eigenvalue weighted by molar-refractivity contribution is 5.89. The van der Waals surface area contributed by atoms with E-state index in [-0.39, 0.29) is 36.7 Å². The van der Waals surface area contributed by atoms with Crippen molar-refractivity contribution < 1.29 is 24.6 Å². The summed E-state index contributed by atoms with van der Waals surface area (Å²) in [6.45, 7) is 4.65. The number of phenolic OH excluding ortho intramolecular Hbond substituents is 1. The molecular weight excluding hydrogens is 350 g/mol. The quantitative estimate of drug-likeness (QED) is 0.524. The van der Waals surface area contributed by atoms with Crippen LogP contribution in [0.15, 0.2) is 24.3 Å². The Bertz CT molecular complexity index is 674. The van der Waals surface area contributed by atoms with E-state index in [4.69, 9.17) is 0 Å². The normalized spacial score (nSPS) is 18.3. The zero-order valence-corrected chi connectivity index (χ0v) is 15.6. The number of aliphatic carboxylic acids is 1. The molecule has 0 unspecified atom stereocenters. The van der Waals surface area contributed by atoms with Gasteiger partial charge in [0, 0.05) is 12.5 Å². The third-order valence-electron chi connectivity index (χ3n) is 4.69. The third-order valence-corrected chi connectivity index (χ3v) is 4.69. The summed E-state index contributed by atoms with van der Waals surface area (Å²) < 4.78 is 0. The molecule has 1 fully saturated rings. The zero-order chi connectivity index (χ0) is 20.0. The van der Waals surface area contributed by atoms with E-state index >= 15 is 0 Å². The number of aromatic hydroxyl groups is 1. The van der Waals surface area contributed by atoms with Gasteiger partial charge >= 0.3 is 5.97 Å². The van der Waals surface area contributed by atoms with Gasteiger partial charge in [0.2, 0.25) is 11.8 Å². The van der Waals surface area contributed by atoms with Gasteiger partial charge in [-0.25, -0.2) is 4.79 Å². The van der Waals surface area contributed by atoms with Crippen molar-refractivity contribution in [1.29, 1.82) is 0 Å². The van der Waals surface area contributed by atoms with Crippen LogP contribution in [0.4, 0.5) is 0 Å². The average molecular weight is 377 g/mol. The van der Waals surface area contributed by atoms with Crippen molar-refractivity contribution in [2.45, 2.75) is 51.2 Å². The van der Waals surface area contributed by atoms with Crippen LogP contribution < -0.4 is 10.6 Å². The SMILES string of the molecule is CC(C)N1CCC[C@H]1C(=O)NCC(=O)N[C@@H](Cc1ccc(O)cc1)C(=O)O. The largest absolute Gasteiger partial charge is 0.508 e. The van der Waals surface area contributed by atoms with Gasteiger partial charge in [0.15, 0.2) is 0 Å². The maximum absolute atomic E-state index is 12.3. The topological polar surface area (TPSA) is 119 Å². The lowest BCUT2D eigenvalue weighted by molar-refractivity contribution is -0.141. The number of hydrogen-bond acceptors (Lipinski definition) is 5. The van der Waals surface area contributed by atoms with Gasteiger partial charge in [0.25, 0.3) is 0 Å². The first-order chi connectivity index (χ1) is 12.8. The maximum Gasteiger partial charge on any atom is 0.326 e. The van der Waals surface area contributed by atoms with Crippen LogP contribution >= 0.6 is 0 Å². The van der Waals surface area contributed by atoms with E-state index in [0.29, 0.717) is 5.56 Å². The molecule has 8 heteroatoms. The number of nitrogens with one attached hydrogen (secondary N) is 2. The molecule has 2 rings (SSSR count). The van der Waals surface area contributed by atoms with Crippen LogP contribution in [-0.2, 0) is 20.8 Å². The number of carboxylic acids is 1. The van der Waals surface area contributed by atoms with Crippen molar-refractivity contribution in [1.82, 2.24) is 15.5 Å². The number of carbonyl (C=O) groups is 3. The molecule has 1 aromatic rings. The van der Waals surface area contributed by atoms with Crippen molar-refractivity contribution in [3.63, 3.8) is 0 Å². The molecule has 148 valence electrons. The Kier molecular flexibility index (Phi) is 7.18. The second kappa shape index (κ2) is 9.36. The fraction of sp³-hybridized carbons (Fsp3) is 0.526. The lowest BCUT2D eigenvalue weighted by Gasteiger charge is -2.27. The number of carboxylic acid groups (broad SMARTS) is 1. The lowest BCUT2D eigenvalue weighted by Crippen LogP contribution is -2.50. The molecule has 1 aliphatic heterocycles. The third kappa shape index (κ3) is 5.96. The van der Waals surface area contributed by atoms with Crippen molar-refractivity contribution in [2.24, 2.45) is 0 Å². The van der Waals surface area contributed by atoms with Crippen molar-refractivity contribution in [3.05, 3.63) is 29.8 Å². The smallest absolute Gasteiger partial charge is 0.326 e. The van der Waals surface area contributed by atoms with Crippen LogP contribution in [0.25, 0.3) is 0 Å². The number of phenols is 1. The van der Waals surface area contributed by atoms with E-state index in [1.165, 1.54) is 12.1 Å². The first-order valence-corrected chi connectivity index (χ1v) is 9.11. The lowest BCUT2D eigenvalue weighted by atomic mass is 10.1. The van der Waals surface area contributed by atoms with Crippen LogP contribution in [0.1, 0.15) is 32.3 Å². The summed E-state index contributed by atoms with van der Waals surface area (Å²) in [4.78, 5) is 37.9. The average Bonchev–Trinajstić information content (AvgIpc) is 3.11. The number of nitrogens with zero attached hydrogens (tertiary/aromatic N) is 1. The number of likely N-dealkylation sites (tertiary alicyclic amines) is 1. The highest BCUT2D eigenvalue weighted by atomic mass is 16.4. The molecule has 0 radical (unpaired) electrons. The zero-order valence-electron chi connectivity index (χ0n) is 15.6. The van der Waals surface area contributed by atoms with Crippen LogP contribution in [0.2, 0.25) is 0 Å². The molecule has 8 nitrogen and oxygen atoms in total. The molecule has 2 amide bonds. The summed E-state index contributed by atoms with van der Waals surface area (Å²) in [5.74, 6) is -1.84. The Morgan fingerprint density at radius 2 is 1.89 bits per heavy atom. The Labute approximate surface area is 158 Å². The predicted octanol–water partition coefficient (Wildman–Crippen LogP) is 0.493. The molecule has 4 N–H and O–H groups in total. The minimum atomic E-state index is -1.16. The van der Waals surface area contributed by atoms with Gasteiger partial charge in [0.05, 0.1) is 12.6 Å². The first-order valence-electron chi connectivity index (χ1n) is 9.11. The Morgan fingerprint density at radius 1 is 1.22 bits per heavy atom. The number of benzene rings is 1. The molecule has 2 atom stereocenters. The minimum absolute atomic E-state index is 0.0824. The van der Waals surface area contributed by atoms with Crippen molar-refractivity contribution in [3.8, 4) is 5.75 Å². The molecule has 0 saturated carbocycles. The van der Waals surface area contributed by atoms with Gasteiger partial charge in [-0.05, 0) is 50.9 Å². The van der Waals surface area contributed by atoms with Crippen LogP contribution in [0.3, 0.4) is 0 Å². The molecule has 1 aromatic carbocycles. The number of rotatable bonds is 8. The van der Waals surface area contributed by atoms with Gasteiger partial charge in [-0.3, -0.25) is 14.5 Å². The number of carbonyl (C=O) groups excluding carboxylic acids is 2. The fourth-order valence-corrected chi connectivity index (χ4v) is 3.29. The molecule has 1 saturated heterocycles. The summed E-state index contributed by atoms with van der Waals surface area (Å²) in [6, 6.07) is 5.00. The molecular formula is C19H27N3O5. The molecule has 1 aliphatic rings. The van der Waals surface area contributed by atoms with Crippen molar-refractivity contribution >= 4 is 17.8 Å². The van der Waals surface area contributed by atoms with Gasteiger partial charge < -0.3 is 20.8 Å². The van der Waals surface area contributed by atoms with E-state index in [1.807, 2.05) is 13.8 Å². The Hall–Kier alpha value is -2.61. The van der Waals surface area contributed by atoms with E-state index in [1.54, 1.807) is 12.1 Å². The second-order valence-electron chi connectivity index (χ2n) is 7.04. The van der Waals surface area contributed by atoms with Crippen LogP contribution in [0.5, 0.6) is 5.75 Å². The monoisotopic (exact) mass is 377 g/mol. The summed E-state index contributed by atoms with van der Waals surface area (Å²) in [5.41, 5.74) is 0.670. The highest BCUT2D eigenvalue weighted by Crippen LogP contribution is 2.19. The first kappa shape index (κ1) is 20.7. The van der Waals surface area contributed by atoms with Gasteiger partial charge in [-0.2, -0.15) is 0 Å². The fourth-order valence-electron chi connectivity index (χ4n) is 3.29. The standard InChI is InChI=1S/C19H27N3O5/c1-12(2)22-9-3-4-16(22)18(25)20-11-17(24)21-15(19(26)27)10-13-5-7-14(23)8-6-13/h5-8,12,15-16,23H,3-4,9-11H2,1-2H3,(H,20,25)(H,21,24)(H,26,27)/t15-,16-/m0/s1. The summed E-state index contributed by atoms with van der Waals surface area (Å²) >= 11 is 0. The molecule has 0 aliphatic carbocycles. The summed E-state index contributed by atoms with van der Waals surface area (Å²) in [6.07, 6.45) is 1.78. The Morgan fingerprint density at radius 3 is 2.48 bits per heavy atom. The van der Waals surface area contributed by atoms with Crippen LogP contribution in [0, 0.1) is 0 Å². The second-order valence-corrected chi connectivity index (χ2v) is 7.04. The van der Waals surface area contributed by atoms with E-state index in [9.17, 15) is 24.6 Å².